The summed E-state index contributed by atoms with van der Waals surface area (Å²) in [5.41, 5.74) is 0.656. The minimum Gasteiger partial charge on any atom is -0.496 e. The SMILES string of the molecule is COc1ccccc1-c1n[nH]c(=O)c2cc(S(=O)(=O)Nc3ncns3)ccc12. The maximum atomic E-state index is 12.6. The Kier molecular flexibility index (Phi) is 4.53. The van der Waals surface area contributed by atoms with Crippen molar-refractivity contribution >= 4 is 37.5 Å². The molecule has 2 aromatic carbocycles. The molecule has 0 amide bonds. The van der Waals surface area contributed by atoms with Crippen LogP contribution in [0.5, 0.6) is 5.75 Å². The van der Waals surface area contributed by atoms with Crippen LogP contribution in [0.4, 0.5) is 5.13 Å². The molecular weight excluding hydrogens is 402 g/mol. The molecule has 0 radical (unpaired) electrons. The first-order valence-electron chi connectivity index (χ1n) is 7.95. The van der Waals surface area contributed by atoms with Crippen LogP contribution in [0.15, 0.2) is 58.5 Å². The van der Waals surface area contributed by atoms with Crippen LogP contribution in [-0.4, -0.2) is 35.1 Å². The van der Waals surface area contributed by atoms with E-state index in [-0.39, 0.29) is 15.4 Å². The third-order valence-electron chi connectivity index (χ3n) is 4.02. The van der Waals surface area contributed by atoms with Gasteiger partial charge in [0.1, 0.15) is 17.8 Å². The Balaban J connectivity index is 1.87. The highest BCUT2D eigenvalue weighted by Crippen LogP contribution is 2.32. The second-order valence-corrected chi connectivity index (χ2v) is 8.12. The van der Waals surface area contributed by atoms with E-state index in [0.717, 1.165) is 11.5 Å². The van der Waals surface area contributed by atoms with Crippen LogP contribution in [0.25, 0.3) is 22.0 Å². The van der Waals surface area contributed by atoms with Gasteiger partial charge in [0.15, 0.2) is 0 Å². The van der Waals surface area contributed by atoms with Gasteiger partial charge in [0.2, 0.25) is 5.13 Å². The van der Waals surface area contributed by atoms with Crippen molar-refractivity contribution in [1.29, 1.82) is 0 Å². The summed E-state index contributed by atoms with van der Waals surface area (Å²) in [7, 11) is -2.38. The summed E-state index contributed by atoms with van der Waals surface area (Å²) in [6.45, 7) is 0. The fourth-order valence-electron chi connectivity index (χ4n) is 2.75. The van der Waals surface area contributed by atoms with E-state index in [1.54, 1.807) is 18.2 Å². The van der Waals surface area contributed by atoms with Crippen molar-refractivity contribution < 1.29 is 13.2 Å². The zero-order chi connectivity index (χ0) is 19.7. The number of ether oxygens (including phenoxy) is 1. The molecule has 0 atom stereocenters. The van der Waals surface area contributed by atoms with E-state index in [1.165, 1.54) is 25.6 Å². The first-order valence-corrected chi connectivity index (χ1v) is 10.2. The smallest absolute Gasteiger partial charge is 0.272 e. The van der Waals surface area contributed by atoms with Crippen LogP contribution in [0.3, 0.4) is 0 Å². The quantitative estimate of drug-likeness (QED) is 0.512. The molecule has 0 spiro atoms. The summed E-state index contributed by atoms with van der Waals surface area (Å²) in [5.74, 6) is 0.581. The third kappa shape index (κ3) is 3.21. The average Bonchev–Trinajstić information content (AvgIpc) is 3.20. The number of aromatic amines is 1. The second-order valence-electron chi connectivity index (χ2n) is 5.66. The standard InChI is InChI=1S/C17H13N5O4S2/c1-26-14-5-3-2-4-12(14)15-11-7-6-10(8-13(11)16(23)21-20-15)28(24,25)22-17-18-9-19-27-17/h2-9H,1H3,(H,21,23)(H,18,19,22). The predicted octanol–water partition coefficient (Wildman–Crippen LogP) is 2.25. The van der Waals surface area contributed by atoms with Crippen molar-refractivity contribution in [1.82, 2.24) is 19.6 Å². The van der Waals surface area contributed by atoms with Gasteiger partial charge in [-0.05, 0) is 24.3 Å². The first kappa shape index (κ1) is 18.1. The number of nitrogens with one attached hydrogen (secondary N) is 2. The topological polar surface area (TPSA) is 127 Å². The molecule has 0 aliphatic heterocycles. The van der Waals surface area contributed by atoms with Crippen LogP contribution in [0, 0.1) is 0 Å². The monoisotopic (exact) mass is 415 g/mol. The largest absolute Gasteiger partial charge is 0.496 e. The number of anilines is 1. The molecule has 4 aromatic rings. The molecule has 0 aliphatic carbocycles. The van der Waals surface area contributed by atoms with E-state index in [4.69, 9.17) is 4.74 Å². The van der Waals surface area contributed by atoms with E-state index < -0.39 is 15.6 Å². The van der Waals surface area contributed by atoms with Gasteiger partial charge in [-0.15, -0.1) is 0 Å². The van der Waals surface area contributed by atoms with Crippen LogP contribution in [-0.2, 0) is 10.0 Å². The van der Waals surface area contributed by atoms with E-state index in [0.29, 0.717) is 22.4 Å². The van der Waals surface area contributed by atoms with Gasteiger partial charge in [0.05, 0.1) is 17.4 Å². The fourth-order valence-corrected chi connectivity index (χ4v) is 4.44. The van der Waals surface area contributed by atoms with Gasteiger partial charge in [-0.25, -0.2) is 18.5 Å². The van der Waals surface area contributed by atoms with Crippen molar-refractivity contribution in [3.63, 3.8) is 0 Å². The van der Waals surface area contributed by atoms with Crippen molar-refractivity contribution in [2.75, 3.05) is 11.8 Å². The molecule has 0 bridgehead atoms. The van der Waals surface area contributed by atoms with Crippen LogP contribution in [0.2, 0.25) is 0 Å². The number of methoxy groups -OCH3 is 1. The number of nitrogens with zero attached hydrogens (tertiary/aromatic N) is 3. The Bertz CT molecular complexity index is 1320. The number of hydrogen-bond donors (Lipinski definition) is 2. The molecule has 2 heterocycles. The zero-order valence-corrected chi connectivity index (χ0v) is 16.0. The summed E-state index contributed by atoms with van der Waals surface area (Å²) >= 11 is 0.912. The number of sulfonamides is 1. The molecule has 28 heavy (non-hydrogen) atoms. The summed E-state index contributed by atoms with van der Waals surface area (Å²) in [6, 6.07) is 11.5. The number of rotatable bonds is 5. The average molecular weight is 415 g/mol. The number of H-pyrrole nitrogens is 1. The molecule has 0 saturated carbocycles. The second kappa shape index (κ2) is 7.02. The summed E-state index contributed by atoms with van der Waals surface area (Å²) in [5, 5.41) is 7.39. The lowest BCUT2D eigenvalue weighted by molar-refractivity contribution is 0.416. The first-order chi connectivity index (χ1) is 13.5. The van der Waals surface area contributed by atoms with Gasteiger partial charge in [-0.3, -0.25) is 9.52 Å². The molecule has 2 N–H and O–H groups in total. The number of fused-ring (bicyclic) bond motifs is 1. The van der Waals surface area contributed by atoms with E-state index >= 15 is 0 Å². The van der Waals surface area contributed by atoms with E-state index in [9.17, 15) is 13.2 Å². The third-order valence-corrected chi connectivity index (χ3v) is 6.06. The van der Waals surface area contributed by atoms with Gasteiger partial charge >= 0.3 is 0 Å². The summed E-state index contributed by atoms with van der Waals surface area (Å²) in [6.07, 6.45) is 1.25. The fraction of sp³-hybridized carbons (Fsp3) is 0.0588. The molecule has 0 saturated heterocycles. The summed E-state index contributed by atoms with van der Waals surface area (Å²) in [4.78, 5) is 16.1. The predicted molar refractivity (Wildman–Crippen MR) is 105 cm³/mol. The van der Waals surface area contributed by atoms with Crippen LogP contribution in [0.1, 0.15) is 0 Å². The maximum absolute atomic E-state index is 12.6. The van der Waals surface area contributed by atoms with E-state index in [2.05, 4.69) is 24.3 Å². The Morgan fingerprint density at radius 1 is 1.14 bits per heavy atom. The van der Waals surface area contributed by atoms with E-state index in [1.807, 2.05) is 12.1 Å². The number of hydrogen-bond acceptors (Lipinski definition) is 8. The minimum atomic E-state index is -3.92. The zero-order valence-electron chi connectivity index (χ0n) is 14.4. The molecule has 0 unspecified atom stereocenters. The van der Waals surface area contributed by atoms with Crippen molar-refractivity contribution in [3.8, 4) is 17.0 Å². The molecule has 142 valence electrons. The van der Waals surface area contributed by atoms with Gasteiger partial charge in [0.25, 0.3) is 15.6 Å². The molecule has 0 aliphatic rings. The maximum Gasteiger partial charge on any atom is 0.272 e. The van der Waals surface area contributed by atoms with Crippen molar-refractivity contribution in [2.45, 2.75) is 4.90 Å². The Labute approximate surface area is 163 Å². The highest BCUT2D eigenvalue weighted by molar-refractivity contribution is 7.93. The lowest BCUT2D eigenvalue weighted by Gasteiger charge is -2.11. The summed E-state index contributed by atoms with van der Waals surface area (Å²) < 4.78 is 36.6. The minimum absolute atomic E-state index is 0.0714. The van der Waals surface area contributed by atoms with Gasteiger partial charge in [0, 0.05) is 22.5 Å². The lowest BCUT2D eigenvalue weighted by Crippen LogP contribution is -2.15. The highest BCUT2D eigenvalue weighted by atomic mass is 32.2. The van der Waals surface area contributed by atoms with Crippen molar-refractivity contribution in [2.24, 2.45) is 0 Å². The number of benzene rings is 2. The van der Waals surface area contributed by atoms with Crippen molar-refractivity contribution in [3.05, 3.63) is 59.1 Å². The van der Waals surface area contributed by atoms with Gasteiger partial charge in [-0.2, -0.15) is 9.47 Å². The molecule has 2 aromatic heterocycles. The highest BCUT2D eigenvalue weighted by Gasteiger charge is 2.19. The normalized spacial score (nSPS) is 11.5. The molecule has 9 nitrogen and oxygen atoms in total. The van der Waals surface area contributed by atoms with Gasteiger partial charge < -0.3 is 4.74 Å². The molecule has 4 rings (SSSR count). The molecule has 11 heteroatoms. The number of para-hydroxylation sites is 1. The Hall–Kier alpha value is -3.31. The van der Waals surface area contributed by atoms with Crippen LogP contribution >= 0.6 is 11.5 Å². The van der Waals surface area contributed by atoms with Gasteiger partial charge in [-0.1, -0.05) is 18.2 Å². The Morgan fingerprint density at radius 2 is 1.96 bits per heavy atom. The lowest BCUT2D eigenvalue weighted by atomic mass is 10.0. The van der Waals surface area contributed by atoms with Crippen LogP contribution < -0.4 is 15.0 Å². The molecule has 0 fully saturated rings. The Morgan fingerprint density at radius 3 is 2.71 bits per heavy atom. The molecular formula is C17H13N5O4S2. The number of aromatic nitrogens is 4.